The van der Waals surface area contributed by atoms with Crippen LogP contribution in [0.4, 0.5) is 5.69 Å². The molecule has 1 aromatic rings. The zero-order valence-electron chi connectivity index (χ0n) is 6.52. The number of nitrogen functional groups attached to an aromatic ring is 1. The van der Waals surface area contributed by atoms with Crippen LogP contribution in [0.2, 0.25) is 0 Å². The second kappa shape index (κ2) is 2.74. The second-order valence-corrected chi connectivity index (χ2v) is 2.54. The van der Waals surface area contributed by atoms with Crippen molar-refractivity contribution in [3.63, 3.8) is 0 Å². The van der Waals surface area contributed by atoms with Gasteiger partial charge in [0, 0.05) is 5.69 Å². The molecule has 0 heterocycles. The van der Waals surface area contributed by atoms with Crippen molar-refractivity contribution >= 4 is 5.69 Å². The molecule has 1 aromatic carbocycles. The van der Waals surface area contributed by atoms with Crippen molar-refractivity contribution in [2.45, 2.75) is 20.3 Å². The molecular weight excluding hydrogens is 122 g/mol. The summed E-state index contributed by atoms with van der Waals surface area (Å²) >= 11 is 0. The van der Waals surface area contributed by atoms with Gasteiger partial charge in [0.2, 0.25) is 0 Å². The molecule has 54 valence electrons. The third-order valence-electron chi connectivity index (χ3n) is 1.75. The second-order valence-electron chi connectivity index (χ2n) is 2.54. The minimum Gasteiger partial charge on any atom is -0.399 e. The lowest BCUT2D eigenvalue weighted by Crippen LogP contribution is -1.90. The quantitative estimate of drug-likeness (QED) is 0.586. The fourth-order valence-electron chi connectivity index (χ4n) is 0.910. The van der Waals surface area contributed by atoms with Crippen LogP contribution in [0.3, 0.4) is 0 Å². The summed E-state index contributed by atoms with van der Waals surface area (Å²) in [5.74, 6) is 0. The van der Waals surface area contributed by atoms with Crippen LogP contribution in [0.15, 0.2) is 18.2 Å². The Morgan fingerprint density at radius 2 is 2.10 bits per heavy atom. The van der Waals surface area contributed by atoms with Gasteiger partial charge in [-0.15, -0.1) is 0 Å². The number of nitrogens with two attached hydrogens (primary N) is 1. The number of aryl methyl sites for hydroxylation is 2. The minimum absolute atomic E-state index is 0.902. The molecule has 2 N–H and O–H groups in total. The highest BCUT2D eigenvalue weighted by molar-refractivity contribution is 5.48. The first-order valence-electron chi connectivity index (χ1n) is 3.59. The van der Waals surface area contributed by atoms with E-state index in [-0.39, 0.29) is 0 Å². The Balaban J connectivity index is 3.04. The largest absolute Gasteiger partial charge is 0.399 e. The maximum Gasteiger partial charge on any atom is 0.0346 e. The van der Waals surface area contributed by atoms with Gasteiger partial charge < -0.3 is 5.73 Å². The Hall–Kier alpha value is -0.980. The predicted molar refractivity (Wildman–Crippen MR) is 45.0 cm³/mol. The molecule has 0 spiro atoms. The summed E-state index contributed by atoms with van der Waals surface area (Å²) in [6, 6.07) is 6.22. The lowest BCUT2D eigenvalue weighted by atomic mass is 10.1. The molecule has 0 amide bonds. The van der Waals surface area contributed by atoms with Gasteiger partial charge >= 0.3 is 0 Å². The molecule has 0 bridgehead atoms. The molecule has 0 aliphatic rings. The fraction of sp³-hybridized carbons (Fsp3) is 0.333. The van der Waals surface area contributed by atoms with Crippen molar-refractivity contribution < 1.29 is 0 Å². The van der Waals surface area contributed by atoms with Gasteiger partial charge in [-0.3, -0.25) is 0 Å². The molecule has 1 rings (SSSR count). The molecule has 0 saturated carbocycles. The maximum absolute atomic E-state index is 5.70. The van der Waals surface area contributed by atoms with Crippen molar-refractivity contribution in [2.75, 3.05) is 5.73 Å². The zero-order valence-corrected chi connectivity index (χ0v) is 6.52. The minimum atomic E-state index is 0.902. The summed E-state index contributed by atoms with van der Waals surface area (Å²) < 4.78 is 0. The van der Waals surface area contributed by atoms with Crippen LogP contribution < -0.4 is 5.73 Å². The zero-order chi connectivity index (χ0) is 7.56. The van der Waals surface area contributed by atoms with E-state index in [2.05, 4.69) is 19.1 Å². The van der Waals surface area contributed by atoms with Crippen molar-refractivity contribution in [1.82, 2.24) is 0 Å². The molecule has 1 nitrogen and oxygen atoms in total. The average molecular weight is 135 g/mol. The Morgan fingerprint density at radius 1 is 1.40 bits per heavy atom. The molecule has 0 atom stereocenters. The van der Waals surface area contributed by atoms with E-state index in [1.54, 1.807) is 0 Å². The van der Waals surface area contributed by atoms with E-state index < -0.39 is 0 Å². The summed E-state index contributed by atoms with van der Waals surface area (Å²) in [6.07, 6.45) is 1.06. The molecule has 1 heteroatoms. The van der Waals surface area contributed by atoms with Gasteiger partial charge in [0.15, 0.2) is 0 Å². The summed E-state index contributed by atoms with van der Waals surface area (Å²) in [4.78, 5) is 0. The molecule has 0 radical (unpaired) electrons. The summed E-state index contributed by atoms with van der Waals surface area (Å²) in [6.45, 7) is 4.15. The van der Waals surface area contributed by atoms with Gasteiger partial charge in [-0.1, -0.05) is 19.1 Å². The standard InChI is InChI=1S/C9H13N/c1-3-8-5-4-7(2)9(10)6-8/h4-6H,3,10H2,1-2H3. The third-order valence-corrected chi connectivity index (χ3v) is 1.75. The highest BCUT2D eigenvalue weighted by atomic mass is 14.5. The number of rotatable bonds is 1. The summed E-state index contributed by atoms with van der Waals surface area (Å²) in [7, 11) is 0. The normalized spacial score (nSPS) is 9.80. The highest BCUT2D eigenvalue weighted by Gasteiger charge is 1.92. The van der Waals surface area contributed by atoms with E-state index >= 15 is 0 Å². The van der Waals surface area contributed by atoms with Crippen LogP contribution in [-0.4, -0.2) is 0 Å². The monoisotopic (exact) mass is 135 g/mol. The molecule has 0 saturated heterocycles. The average Bonchev–Trinajstić information content (AvgIpc) is 1.95. The number of anilines is 1. The van der Waals surface area contributed by atoms with E-state index in [1.165, 1.54) is 5.56 Å². The molecule has 0 fully saturated rings. The molecule has 0 aromatic heterocycles. The van der Waals surface area contributed by atoms with Crippen LogP contribution in [0.25, 0.3) is 0 Å². The van der Waals surface area contributed by atoms with Gasteiger partial charge in [0.25, 0.3) is 0 Å². The van der Waals surface area contributed by atoms with Gasteiger partial charge in [-0.25, -0.2) is 0 Å². The Labute approximate surface area is 61.9 Å². The smallest absolute Gasteiger partial charge is 0.0346 e. The summed E-state index contributed by atoms with van der Waals surface area (Å²) in [5, 5.41) is 0. The lowest BCUT2D eigenvalue weighted by molar-refractivity contribution is 1.14. The molecule has 0 aliphatic heterocycles. The van der Waals surface area contributed by atoms with Crippen LogP contribution in [0, 0.1) is 6.92 Å². The van der Waals surface area contributed by atoms with E-state index in [9.17, 15) is 0 Å². The van der Waals surface area contributed by atoms with Gasteiger partial charge in [0.1, 0.15) is 0 Å². The van der Waals surface area contributed by atoms with E-state index in [0.717, 1.165) is 17.7 Å². The first-order valence-corrected chi connectivity index (χ1v) is 3.59. The highest BCUT2D eigenvalue weighted by Crippen LogP contribution is 2.12. The summed E-state index contributed by atoms with van der Waals surface area (Å²) in [5.41, 5.74) is 9.07. The lowest BCUT2D eigenvalue weighted by Gasteiger charge is -2.01. The number of hydrogen-bond acceptors (Lipinski definition) is 1. The molecule has 0 aliphatic carbocycles. The van der Waals surface area contributed by atoms with E-state index in [1.807, 2.05) is 13.0 Å². The van der Waals surface area contributed by atoms with Crippen LogP contribution in [0.5, 0.6) is 0 Å². The first-order chi connectivity index (χ1) is 4.74. The number of hydrogen-bond donors (Lipinski definition) is 1. The fourth-order valence-corrected chi connectivity index (χ4v) is 0.910. The Kier molecular flexibility index (Phi) is 1.95. The van der Waals surface area contributed by atoms with Crippen molar-refractivity contribution in [3.8, 4) is 0 Å². The van der Waals surface area contributed by atoms with Crippen LogP contribution >= 0.6 is 0 Å². The predicted octanol–water partition coefficient (Wildman–Crippen LogP) is 2.14. The van der Waals surface area contributed by atoms with Gasteiger partial charge in [-0.05, 0) is 30.5 Å². The Morgan fingerprint density at radius 3 is 2.60 bits per heavy atom. The van der Waals surface area contributed by atoms with Crippen molar-refractivity contribution in [1.29, 1.82) is 0 Å². The van der Waals surface area contributed by atoms with Crippen LogP contribution in [0.1, 0.15) is 18.1 Å². The van der Waals surface area contributed by atoms with Gasteiger partial charge in [-0.2, -0.15) is 0 Å². The topological polar surface area (TPSA) is 26.0 Å². The van der Waals surface area contributed by atoms with E-state index in [4.69, 9.17) is 5.73 Å². The van der Waals surface area contributed by atoms with Crippen LogP contribution in [-0.2, 0) is 6.42 Å². The van der Waals surface area contributed by atoms with Gasteiger partial charge in [0.05, 0.1) is 0 Å². The maximum atomic E-state index is 5.70. The third kappa shape index (κ3) is 1.29. The first kappa shape index (κ1) is 7.13. The van der Waals surface area contributed by atoms with Crippen molar-refractivity contribution in [2.24, 2.45) is 0 Å². The molecule has 0 unspecified atom stereocenters. The Bertz CT molecular complexity index is 228. The molecule has 10 heavy (non-hydrogen) atoms. The van der Waals surface area contributed by atoms with Crippen molar-refractivity contribution in [3.05, 3.63) is 29.3 Å². The SMILES string of the molecule is CCc1ccc(C)c(N)c1. The number of benzene rings is 1. The molecular formula is C9H13N. The van der Waals surface area contributed by atoms with E-state index in [0.29, 0.717) is 0 Å².